The molecule has 2 atom stereocenters. The molecule has 1 saturated heterocycles. The minimum Gasteiger partial charge on any atom is -0.468 e. The van der Waals surface area contributed by atoms with Gasteiger partial charge in [-0.25, -0.2) is 0 Å². The number of hydrogen-bond donors (Lipinski definition) is 3. The van der Waals surface area contributed by atoms with Crippen molar-refractivity contribution >= 4 is 28.2 Å². The zero-order valence-corrected chi connectivity index (χ0v) is 19.4. The van der Waals surface area contributed by atoms with Gasteiger partial charge >= 0.3 is 0 Å². The molecule has 1 aliphatic rings. The number of hydrogen-bond acceptors (Lipinski definition) is 5. The van der Waals surface area contributed by atoms with E-state index in [0.29, 0.717) is 25.9 Å². The number of aromatic amines is 1. The smallest absolute Gasteiger partial charge is 0.225 e. The highest BCUT2D eigenvalue weighted by Gasteiger charge is 2.40. The van der Waals surface area contributed by atoms with E-state index < -0.39 is 6.23 Å². The largest absolute Gasteiger partial charge is 0.468 e. The fourth-order valence-corrected chi connectivity index (χ4v) is 4.65. The molecule has 1 fully saturated rings. The van der Waals surface area contributed by atoms with Crippen LogP contribution in [0.15, 0.2) is 54.7 Å². The van der Waals surface area contributed by atoms with Gasteiger partial charge in [-0.3, -0.25) is 4.79 Å². The van der Waals surface area contributed by atoms with Crippen molar-refractivity contribution in [2.24, 2.45) is 5.73 Å². The van der Waals surface area contributed by atoms with Gasteiger partial charge in [0.1, 0.15) is 5.75 Å². The molecular weight excluding hydrogens is 414 g/mol. The van der Waals surface area contributed by atoms with E-state index in [1.165, 1.54) is 0 Å². The molecule has 7 nitrogen and oxygen atoms in total. The molecule has 3 aromatic rings. The third-order valence-electron chi connectivity index (χ3n) is 6.40. The van der Waals surface area contributed by atoms with Crippen molar-refractivity contribution in [3.63, 3.8) is 0 Å². The summed E-state index contributed by atoms with van der Waals surface area (Å²) >= 11 is 0. The van der Waals surface area contributed by atoms with Crippen molar-refractivity contribution in [1.82, 2.24) is 9.88 Å². The molecule has 4 rings (SSSR count). The van der Waals surface area contributed by atoms with Crippen molar-refractivity contribution in [2.45, 2.75) is 51.3 Å². The van der Waals surface area contributed by atoms with Gasteiger partial charge in [-0.05, 0) is 67.9 Å². The number of unbranched alkanes of at least 4 members (excludes halogenated alkanes) is 2. The van der Waals surface area contributed by atoms with Crippen LogP contribution in [0.4, 0.5) is 11.4 Å². The molecule has 33 heavy (non-hydrogen) atoms. The summed E-state index contributed by atoms with van der Waals surface area (Å²) in [5, 5.41) is 1.08. The number of aromatic nitrogens is 1. The number of fused-ring (bicyclic) bond motifs is 1. The van der Waals surface area contributed by atoms with E-state index in [2.05, 4.69) is 16.8 Å². The Bertz CT molecular complexity index is 1050. The van der Waals surface area contributed by atoms with E-state index in [9.17, 15) is 4.79 Å². The Labute approximate surface area is 195 Å². The van der Waals surface area contributed by atoms with E-state index in [1.807, 2.05) is 59.6 Å². The van der Waals surface area contributed by atoms with Crippen LogP contribution >= 0.6 is 0 Å². The number of anilines is 2. The number of nitrogen functional groups attached to an aromatic ring is 1. The van der Waals surface area contributed by atoms with Gasteiger partial charge in [0, 0.05) is 48.0 Å². The normalized spacial score (nSPS) is 18.6. The molecule has 0 bridgehead atoms. The molecule has 0 spiro atoms. The Morgan fingerprint density at radius 1 is 1.12 bits per heavy atom. The summed E-state index contributed by atoms with van der Waals surface area (Å²) in [7, 11) is 0. The topological polar surface area (TPSA) is 101 Å². The monoisotopic (exact) mass is 449 g/mol. The third-order valence-corrected chi connectivity index (χ3v) is 6.40. The summed E-state index contributed by atoms with van der Waals surface area (Å²) in [6.07, 6.45) is 5.78. The predicted molar refractivity (Wildman–Crippen MR) is 134 cm³/mol. The van der Waals surface area contributed by atoms with Crippen LogP contribution in [0.3, 0.4) is 0 Å². The van der Waals surface area contributed by atoms with Crippen molar-refractivity contribution < 1.29 is 9.53 Å². The van der Waals surface area contributed by atoms with Gasteiger partial charge in [-0.2, -0.15) is 0 Å². The number of benzene rings is 2. The Morgan fingerprint density at radius 3 is 2.70 bits per heavy atom. The zero-order chi connectivity index (χ0) is 23.2. The number of nitrogens with one attached hydrogen (secondary N) is 1. The molecule has 2 aromatic carbocycles. The summed E-state index contributed by atoms with van der Waals surface area (Å²) < 4.78 is 6.58. The first-order valence-electron chi connectivity index (χ1n) is 12.0. The molecule has 176 valence electrons. The van der Waals surface area contributed by atoms with Gasteiger partial charge in [-0.1, -0.05) is 19.8 Å². The Kier molecular flexibility index (Phi) is 7.40. The molecule has 0 aliphatic carbocycles. The van der Waals surface area contributed by atoms with Gasteiger partial charge in [0.15, 0.2) is 6.23 Å². The second-order valence-corrected chi connectivity index (χ2v) is 8.71. The first-order valence-corrected chi connectivity index (χ1v) is 12.0. The fraction of sp³-hybridized carbons (Fsp3) is 0.423. The van der Waals surface area contributed by atoms with Crippen LogP contribution in [-0.4, -0.2) is 47.7 Å². The predicted octanol–water partition coefficient (Wildman–Crippen LogP) is 4.10. The maximum atomic E-state index is 13.3. The van der Waals surface area contributed by atoms with Crippen LogP contribution < -0.4 is 21.1 Å². The highest BCUT2D eigenvalue weighted by Crippen LogP contribution is 2.30. The summed E-state index contributed by atoms with van der Waals surface area (Å²) in [6, 6.07) is 15.8. The molecular formula is C26H35N5O2. The van der Waals surface area contributed by atoms with Crippen LogP contribution in [0.2, 0.25) is 0 Å². The number of carbonyl (C=O) groups is 1. The van der Waals surface area contributed by atoms with E-state index in [0.717, 1.165) is 53.8 Å². The molecule has 0 radical (unpaired) electrons. The lowest BCUT2D eigenvalue weighted by atomic mass is 10.0. The number of nitrogens with two attached hydrogens (primary N) is 2. The number of carbonyl (C=O) groups excluding carboxylic acids is 1. The minimum absolute atomic E-state index is 0.0654. The van der Waals surface area contributed by atoms with E-state index in [-0.39, 0.29) is 11.9 Å². The van der Waals surface area contributed by atoms with Crippen LogP contribution in [0.5, 0.6) is 5.75 Å². The van der Waals surface area contributed by atoms with Gasteiger partial charge in [0.25, 0.3) is 0 Å². The molecule has 5 N–H and O–H groups in total. The molecule has 2 heterocycles. The molecule has 1 amide bonds. The number of rotatable bonds is 9. The average molecular weight is 450 g/mol. The number of H-pyrrole nitrogens is 1. The minimum atomic E-state index is -0.426. The van der Waals surface area contributed by atoms with Gasteiger partial charge in [0.2, 0.25) is 5.91 Å². The Morgan fingerprint density at radius 2 is 1.94 bits per heavy atom. The summed E-state index contributed by atoms with van der Waals surface area (Å²) in [6.45, 7) is 3.99. The van der Waals surface area contributed by atoms with Gasteiger partial charge in [0.05, 0.1) is 6.04 Å². The molecule has 2 unspecified atom stereocenters. The summed E-state index contributed by atoms with van der Waals surface area (Å²) in [4.78, 5) is 20.7. The zero-order valence-electron chi connectivity index (χ0n) is 19.4. The quantitative estimate of drug-likeness (QED) is 0.337. The number of amides is 1. The van der Waals surface area contributed by atoms with Crippen LogP contribution in [0.1, 0.15) is 39.0 Å². The lowest BCUT2D eigenvalue weighted by Crippen LogP contribution is -2.63. The van der Waals surface area contributed by atoms with Crippen LogP contribution in [0, 0.1) is 0 Å². The maximum Gasteiger partial charge on any atom is 0.225 e. The highest BCUT2D eigenvalue weighted by molar-refractivity contribution is 5.81. The van der Waals surface area contributed by atoms with E-state index in [1.54, 1.807) is 0 Å². The molecule has 1 aromatic heterocycles. The standard InChI is InChI=1S/C26H35N5O2/c1-2-3-4-5-25(32)31-17-16-30(21-8-6-20(28)7-9-21)24(12-14-27)26(31)33-22-10-11-23-19(18-22)13-15-29-23/h6-11,13,15,18,24,26,29H,2-5,12,14,16-17,27-28H2,1H3. The van der Waals surface area contributed by atoms with Crippen molar-refractivity contribution in [3.05, 3.63) is 54.7 Å². The second-order valence-electron chi connectivity index (χ2n) is 8.71. The van der Waals surface area contributed by atoms with E-state index in [4.69, 9.17) is 16.2 Å². The van der Waals surface area contributed by atoms with Gasteiger partial charge < -0.3 is 31.0 Å². The lowest BCUT2D eigenvalue weighted by molar-refractivity contribution is -0.143. The Hall–Kier alpha value is -3.19. The lowest BCUT2D eigenvalue weighted by Gasteiger charge is -2.48. The summed E-state index contributed by atoms with van der Waals surface area (Å²) in [5.74, 6) is 0.898. The number of ether oxygens (including phenoxy) is 1. The van der Waals surface area contributed by atoms with Crippen LogP contribution in [-0.2, 0) is 4.79 Å². The van der Waals surface area contributed by atoms with E-state index >= 15 is 0 Å². The number of piperazine rings is 1. The summed E-state index contributed by atoms with van der Waals surface area (Å²) in [5.41, 5.74) is 14.8. The highest BCUT2D eigenvalue weighted by atomic mass is 16.5. The van der Waals surface area contributed by atoms with Crippen molar-refractivity contribution in [2.75, 3.05) is 30.3 Å². The number of nitrogens with zero attached hydrogens (tertiary/aromatic N) is 2. The van der Waals surface area contributed by atoms with Crippen molar-refractivity contribution in [3.8, 4) is 5.75 Å². The van der Waals surface area contributed by atoms with Crippen molar-refractivity contribution in [1.29, 1.82) is 0 Å². The fourth-order valence-electron chi connectivity index (χ4n) is 4.65. The molecule has 1 aliphatic heterocycles. The SMILES string of the molecule is CCCCCC(=O)N1CCN(c2ccc(N)cc2)C(CCN)C1Oc1ccc2[nH]ccc2c1. The van der Waals surface area contributed by atoms with Crippen LogP contribution in [0.25, 0.3) is 10.9 Å². The second kappa shape index (κ2) is 10.6. The molecule has 0 saturated carbocycles. The first-order chi connectivity index (χ1) is 16.1. The third kappa shape index (κ3) is 5.25. The first kappa shape index (κ1) is 23.0. The Balaban J connectivity index is 1.65. The average Bonchev–Trinajstić information content (AvgIpc) is 3.29. The van der Waals surface area contributed by atoms with Gasteiger partial charge in [-0.15, -0.1) is 0 Å². The molecule has 7 heteroatoms. The maximum absolute atomic E-state index is 13.3.